The monoisotopic (exact) mass is 517 g/mol. The Bertz CT molecular complexity index is 1220. The number of fused-ring (bicyclic) bond motifs is 1. The Morgan fingerprint density at radius 2 is 1.84 bits per heavy atom. The SMILES string of the molecule is Cc1nc2sc([C@@H](c3ccc(Br)cc3)N3CCN(c4cccc(Cl)c4)CC3)c(O)n2n1. The molecule has 2 aromatic carbocycles. The number of aromatic hydroxyl groups is 1. The Morgan fingerprint density at radius 3 is 2.52 bits per heavy atom. The predicted octanol–water partition coefficient (Wildman–Crippen LogP) is 5.13. The lowest BCUT2D eigenvalue weighted by Gasteiger charge is -2.40. The first-order valence-electron chi connectivity index (χ1n) is 10.0. The van der Waals surface area contributed by atoms with Gasteiger partial charge >= 0.3 is 0 Å². The van der Waals surface area contributed by atoms with Gasteiger partial charge in [0.15, 0.2) is 0 Å². The molecular formula is C22H21BrClN5OS. The van der Waals surface area contributed by atoms with Gasteiger partial charge in [-0.3, -0.25) is 4.90 Å². The third-order valence-corrected chi connectivity index (χ3v) is 7.43. The number of halogens is 2. The van der Waals surface area contributed by atoms with Crippen molar-refractivity contribution in [3.63, 3.8) is 0 Å². The van der Waals surface area contributed by atoms with Crippen molar-refractivity contribution < 1.29 is 5.11 Å². The summed E-state index contributed by atoms with van der Waals surface area (Å²) < 4.78 is 2.58. The number of benzene rings is 2. The van der Waals surface area contributed by atoms with Crippen molar-refractivity contribution >= 4 is 49.5 Å². The fourth-order valence-electron chi connectivity index (χ4n) is 4.11. The molecule has 0 amide bonds. The van der Waals surface area contributed by atoms with Crippen LogP contribution in [0.1, 0.15) is 22.3 Å². The van der Waals surface area contributed by atoms with Crippen molar-refractivity contribution in [1.29, 1.82) is 0 Å². The molecule has 2 aromatic heterocycles. The molecule has 31 heavy (non-hydrogen) atoms. The molecule has 0 spiro atoms. The van der Waals surface area contributed by atoms with E-state index in [1.54, 1.807) is 4.52 Å². The van der Waals surface area contributed by atoms with Crippen LogP contribution >= 0.6 is 38.9 Å². The minimum absolute atomic E-state index is 0.0663. The van der Waals surface area contributed by atoms with Crippen LogP contribution in [-0.4, -0.2) is 50.8 Å². The van der Waals surface area contributed by atoms with Crippen LogP contribution in [0.25, 0.3) is 4.96 Å². The lowest BCUT2D eigenvalue weighted by molar-refractivity contribution is 0.211. The number of nitrogens with zero attached hydrogens (tertiary/aromatic N) is 5. The van der Waals surface area contributed by atoms with Gasteiger partial charge in [0.2, 0.25) is 10.8 Å². The third-order valence-electron chi connectivity index (χ3n) is 5.59. The molecule has 9 heteroatoms. The molecule has 0 aliphatic carbocycles. The highest BCUT2D eigenvalue weighted by atomic mass is 79.9. The van der Waals surface area contributed by atoms with Gasteiger partial charge in [-0.15, -0.1) is 5.10 Å². The van der Waals surface area contributed by atoms with Crippen LogP contribution in [-0.2, 0) is 0 Å². The summed E-state index contributed by atoms with van der Waals surface area (Å²) >= 11 is 11.2. The average molecular weight is 519 g/mol. The van der Waals surface area contributed by atoms with Crippen LogP contribution in [0.3, 0.4) is 0 Å². The fraction of sp³-hybridized carbons (Fsp3) is 0.273. The first-order chi connectivity index (χ1) is 15.0. The first kappa shape index (κ1) is 20.8. The maximum Gasteiger partial charge on any atom is 0.230 e. The molecule has 0 bridgehead atoms. The molecule has 0 radical (unpaired) electrons. The zero-order valence-corrected chi connectivity index (χ0v) is 20.0. The zero-order valence-electron chi connectivity index (χ0n) is 16.9. The molecule has 0 saturated carbocycles. The summed E-state index contributed by atoms with van der Waals surface area (Å²) in [5.41, 5.74) is 2.28. The van der Waals surface area contributed by atoms with Crippen LogP contribution in [0.4, 0.5) is 5.69 Å². The number of thiazole rings is 1. The highest BCUT2D eigenvalue weighted by Crippen LogP contribution is 2.40. The van der Waals surface area contributed by atoms with E-state index in [-0.39, 0.29) is 11.9 Å². The topological polar surface area (TPSA) is 56.9 Å². The van der Waals surface area contributed by atoms with Gasteiger partial charge in [0.05, 0.1) is 10.9 Å². The smallest absolute Gasteiger partial charge is 0.230 e. The van der Waals surface area contributed by atoms with Gasteiger partial charge in [-0.25, -0.2) is 4.98 Å². The van der Waals surface area contributed by atoms with Crippen molar-refractivity contribution in [3.8, 4) is 5.88 Å². The van der Waals surface area contributed by atoms with Crippen LogP contribution in [0.15, 0.2) is 53.0 Å². The highest BCUT2D eigenvalue weighted by Gasteiger charge is 2.31. The minimum Gasteiger partial charge on any atom is -0.492 e. The van der Waals surface area contributed by atoms with Gasteiger partial charge in [0, 0.05) is 41.4 Å². The molecule has 1 aliphatic rings. The molecule has 1 fully saturated rings. The van der Waals surface area contributed by atoms with Crippen LogP contribution in [0, 0.1) is 6.92 Å². The second-order valence-electron chi connectivity index (χ2n) is 7.60. The largest absolute Gasteiger partial charge is 0.492 e. The number of aromatic nitrogens is 3. The van der Waals surface area contributed by atoms with Crippen LogP contribution < -0.4 is 4.90 Å². The van der Waals surface area contributed by atoms with Gasteiger partial charge in [0.25, 0.3) is 0 Å². The van der Waals surface area contributed by atoms with Crippen LogP contribution in [0.5, 0.6) is 5.88 Å². The van der Waals surface area contributed by atoms with Gasteiger partial charge in [-0.2, -0.15) is 4.52 Å². The molecular weight excluding hydrogens is 498 g/mol. The van der Waals surface area contributed by atoms with E-state index >= 15 is 0 Å². The summed E-state index contributed by atoms with van der Waals surface area (Å²) in [5.74, 6) is 0.828. The lowest BCUT2D eigenvalue weighted by atomic mass is 10.0. The number of piperazine rings is 1. The minimum atomic E-state index is -0.0663. The van der Waals surface area contributed by atoms with Crippen LogP contribution in [0.2, 0.25) is 5.02 Å². The summed E-state index contributed by atoms with van der Waals surface area (Å²) in [6.07, 6.45) is 0. The van der Waals surface area contributed by atoms with E-state index in [1.807, 2.05) is 37.3 Å². The zero-order chi connectivity index (χ0) is 21.5. The Labute approximate surface area is 197 Å². The number of aryl methyl sites for hydroxylation is 1. The average Bonchev–Trinajstić information content (AvgIpc) is 3.27. The second kappa shape index (κ2) is 8.43. The third kappa shape index (κ3) is 4.05. The molecule has 5 rings (SSSR count). The first-order valence-corrected chi connectivity index (χ1v) is 12.0. The quantitative estimate of drug-likeness (QED) is 0.406. The summed E-state index contributed by atoms with van der Waals surface area (Å²) in [6.45, 7) is 5.32. The number of hydrogen-bond donors (Lipinski definition) is 1. The molecule has 0 unspecified atom stereocenters. The Morgan fingerprint density at radius 1 is 1.10 bits per heavy atom. The van der Waals surface area contributed by atoms with E-state index in [4.69, 9.17) is 11.6 Å². The van der Waals surface area contributed by atoms with Crippen molar-refractivity contribution in [3.05, 3.63) is 74.3 Å². The van der Waals surface area contributed by atoms with Crippen molar-refractivity contribution in [2.45, 2.75) is 13.0 Å². The summed E-state index contributed by atoms with van der Waals surface area (Å²) in [5, 5.41) is 16.1. The normalized spacial score (nSPS) is 16.2. The molecule has 160 valence electrons. The molecule has 1 atom stereocenters. The van der Waals surface area contributed by atoms with E-state index in [1.165, 1.54) is 11.3 Å². The van der Waals surface area contributed by atoms with E-state index in [2.05, 4.69) is 54.0 Å². The predicted molar refractivity (Wildman–Crippen MR) is 128 cm³/mol. The van der Waals surface area contributed by atoms with E-state index in [9.17, 15) is 5.11 Å². The van der Waals surface area contributed by atoms with Gasteiger partial charge in [-0.1, -0.05) is 57.1 Å². The number of rotatable bonds is 4. The fourth-order valence-corrected chi connectivity index (χ4v) is 5.72. The highest BCUT2D eigenvalue weighted by molar-refractivity contribution is 9.10. The maximum absolute atomic E-state index is 11.0. The molecule has 6 nitrogen and oxygen atoms in total. The second-order valence-corrected chi connectivity index (χ2v) is 9.96. The number of hydrogen-bond acceptors (Lipinski definition) is 6. The molecule has 3 heterocycles. The molecule has 1 N–H and O–H groups in total. The van der Waals surface area contributed by atoms with Crippen molar-refractivity contribution in [1.82, 2.24) is 19.5 Å². The summed E-state index contributed by atoms with van der Waals surface area (Å²) in [7, 11) is 0. The number of anilines is 1. The Kier molecular flexibility index (Phi) is 5.64. The standard InChI is InChI=1S/C22H21BrClN5OS/c1-14-25-22-29(26-14)21(30)20(31-22)19(15-5-7-16(23)8-6-15)28-11-9-27(10-12-28)18-4-2-3-17(24)13-18/h2-8,13,19,30H,9-12H2,1H3/t19-/m1/s1. The van der Waals surface area contributed by atoms with Crippen molar-refractivity contribution in [2.75, 3.05) is 31.1 Å². The van der Waals surface area contributed by atoms with E-state index in [0.717, 1.165) is 51.8 Å². The molecule has 1 saturated heterocycles. The van der Waals surface area contributed by atoms with Gasteiger partial charge in [-0.05, 0) is 42.8 Å². The lowest BCUT2D eigenvalue weighted by Crippen LogP contribution is -2.47. The summed E-state index contributed by atoms with van der Waals surface area (Å²) in [4.78, 5) is 10.8. The van der Waals surface area contributed by atoms with E-state index < -0.39 is 0 Å². The Hall–Kier alpha value is -2.13. The molecule has 1 aliphatic heterocycles. The molecule has 4 aromatic rings. The maximum atomic E-state index is 11.0. The van der Waals surface area contributed by atoms with E-state index in [0.29, 0.717) is 10.8 Å². The van der Waals surface area contributed by atoms with Crippen molar-refractivity contribution in [2.24, 2.45) is 0 Å². The van der Waals surface area contributed by atoms with Gasteiger partial charge < -0.3 is 10.0 Å². The summed E-state index contributed by atoms with van der Waals surface area (Å²) in [6, 6.07) is 16.2. The Balaban J connectivity index is 1.47. The van der Waals surface area contributed by atoms with Gasteiger partial charge in [0.1, 0.15) is 5.82 Å².